The molecule has 0 aromatic carbocycles. The second-order valence-electron chi connectivity index (χ2n) is 5.05. The van der Waals surface area contributed by atoms with Crippen molar-refractivity contribution >= 4 is 11.3 Å². The van der Waals surface area contributed by atoms with Crippen LogP contribution in [0.15, 0.2) is 17.5 Å². The minimum absolute atomic E-state index is 0.557. The number of thiophene rings is 1. The van der Waals surface area contributed by atoms with Crippen LogP contribution >= 0.6 is 11.3 Å². The van der Waals surface area contributed by atoms with Crippen LogP contribution in [-0.2, 0) is 6.42 Å². The molecule has 0 saturated carbocycles. The van der Waals surface area contributed by atoms with Crippen LogP contribution in [0.5, 0.6) is 0 Å². The average molecular weight is 268 g/mol. The number of unbranched alkanes of at least 4 members (excludes halogenated alkanes) is 3. The molecule has 1 unspecified atom stereocenters. The van der Waals surface area contributed by atoms with E-state index < -0.39 is 0 Å². The fourth-order valence-corrected chi connectivity index (χ4v) is 2.95. The third kappa shape index (κ3) is 5.98. The summed E-state index contributed by atoms with van der Waals surface area (Å²) in [5.41, 5.74) is 5.90. The van der Waals surface area contributed by atoms with Gasteiger partial charge in [0.25, 0.3) is 0 Å². The summed E-state index contributed by atoms with van der Waals surface area (Å²) in [5, 5.41) is 2.15. The maximum absolute atomic E-state index is 5.90. The van der Waals surface area contributed by atoms with E-state index in [4.69, 9.17) is 5.73 Å². The number of nitrogens with zero attached hydrogens (tertiary/aromatic N) is 1. The molecule has 1 aromatic rings. The Morgan fingerprint density at radius 2 is 2.17 bits per heavy atom. The Bertz CT molecular complexity index is 285. The van der Waals surface area contributed by atoms with Gasteiger partial charge in [0.15, 0.2) is 0 Å². The zero-order chi connectivity index (χ0) is 13.2. The highest BCUT2D eigenvalue weighted by Crippen LogP contribution is 2.12. The van der Waals surface area contributed by atoms with Crippen LogP contribution in [0.25, 0.3) is 0 Å². The molecule has 104 valence electrons. The fourth-order valence-electron chi connectivity index (χ4n) is 2.25. The Kier molecular flexibility index (Phi) is 8.31. The van der Waals surface area contributed by atoms with Gasteiger partial charge in [0.2, 0.25) is 0 Å². The lowest BCUT2D eigenvalue weighted by atomic mass is 10.1. The van der Waals surface area contributed by atoms with Crippen molar-refractivity contribution in [3.8, 4) is 0 Å². The van der Waals surface area contributed by atoms with Gasteiger partial charge < -0.3 is 10.6 Å². The van der Waals surface area contributed by atoms with Crippen molar-refractivity contribution in [1.82, 2.24) is 4.90 Å². The van der Waals surface area contributed by atoms with Gasteiger partial charge in [-0.3, -0.25) is 0 Å². The molecule has 2 nitrogen and oxygen atoms in total. The Morgan fingerprint density at radius 3 is 2.78 bits per heavy atom. The predicted octanol–water partition coefficient (Wildman–Crippen LogP) is 3.52. The zero-order valence-corrected chi connectivity index (χ0v) is 12.7. The van der Waals surface area contributed by atoms with Gasteiger partial charge in [-0.25, -0.2) is 0 Å². The predicted molar refractivity (Wildman–Crippen MR) is 82.3 cm³/mol. The largest absolute Gasteiger partial charge is 0.329 e. The van der Waals surface area contributed by atoms with Crippen LogP contribution in [0.1, 0.15) is 43.9 Å². The third-order valence-corrected chi connectivity index (χ3v) is 4.51. The van der Waals surface area contributed by atoms with Crippen LogP contribution in [0.2, 0.25) is 0 Å². The first-order chi connectivity index (χ1) is 8.77. The molecule has 0 radical (unpaired) electrons. The first kappa shape index (κ1) is 15.7. The van der Waals surface area contributed by atoms with E-state index in [9.17, 15) is 0 Å². The fraction of sp³-hybridized carbons (Fsp3) is 0.733. The SMILES string of the molecule is CCCCCCC(CN)N(C)CCc1cccs1. The van der Waals surface area contributed by atoms with Crippen molar-refractivity contribution in [3.63, 3.8) is 0 Å². The first-order valence-corrected chi connectivity index (χ1v) is 8.08. The molecule has 0 saturated heterocycles. The molecule has 18 heavy (non-hydrogen) atoms. The summed E-state index contributed by atoms with van der Waals surface area (Å²) < 4.78 is 0. The van der Waals surface area contributed by atoms with Crippen molar-refractivity contribution in [3.05, 3.63) is 22.4 Å². The second-order valence-corrected chi connectivity index (χ2v) is 6.08. The molecular formula is C15H28N2S. The van der Waals surface area contributed by atoms with Gasteiger partial charge in [0.05, 0.1) is 0 Å². The van der Waals surface area contributed by atoms with Gasteiger partial charge in [-0.1, -0.05) is 38.7 Å². The quantitative estimate of drug-likeness (QED) is 0.658. The van der Waals surface area contributed by atoms with E-state index in [0.29, 0.717) is 6.04 Å². The van der Waals surface area contributed by atoms with Crippen molar-refractivity contribution in [1.29, 1.82) is 0 Å². The summed E-state index contributed by atoms with van der Waals surface area (Å²) in [6, 6.07) is 4.91. The highest BCUT2D eigenvalue weighted by molar-refractivity contribution is 7.09. The summed E-state index contributed by atoms with van der Waals surface area (Å²) in [6.45, 7) is 4.16. The lowest BCUT2D eigenvalue weighted by molar-refractivity contribution is 0.233. The standard InChI is InChI=1S/C15H28N2S/c1-3-4-5-6-8-14(13-16)17(2)11-10-15-9-7-12-18-15/h7,9,12,14H,3-6,8,10-11,13,16H2,1-2H3. The molecule has 0 aliphatic rings. The smallest absolute Gasteiger partial charge is 0.0215 e. The molecule has 0 spiro atoms. The highest BCUT2D eigenvalue weighted by atomic mass is 32.1. The molecule has 0 amide bonds. The molecular weight excluding hydrogens is 240 g/mol. The van der Waals surface area contributed by atoms with Crippen molar-refractivity contribution in [2.45, 2.75) is 51.5 Å². The van der Waals surface area contributed by atoms with E-state index in [2.05, 4.69) is 36.4 Å². The second kappa shape index (κ2) is 9.54. The van der Waals surface area contributed by atoms with Crippen molar-refractivity contribution < 1.29 is 0 Å². The van der Waals surface area contributed by atoms with E-state index in [0.717, 1.165) is 19.5 Å². The van der Waals surface area contributed by atoms with Gasteiger partial charge in [-0.2, -0.15) is 0 Å². The molecule has 0 fully saturated rings. The van der Waals surface area contributed by atoms with E-state index in [1.165, 1.54) is 37.0 Å². The van der Waals surface area contributed by atoms with Crippen LogP contribution in [0.3, 0.4) is 0 Å². The topological polar surface area (TPSA) is 29.3 Å². The third-order valence-electron chi connectivity index (χ3n) is 3.58. The minimum atomic E-state index is 0.557. The number of hydrogen-bond donors (Lipinski definition) is 1. The molecule has 1 aromatic heterocycles. The lowest BCUT2D eigenvalue weighted by Crippen LogP contribution is -2.38. The summed E-state index contributed by atoms with van der Waals surface area (Å²) in [5.74, 6) is 0. The zero-order valence-electron chi connectivity index (χ0n) is 11.9. The summed E-state index contributed by atoms with van der Waals surface area (Å²) in [4.78, 5) is 3.91. The van der Waals surface area contributed by atoms with Crippen LogP contribution in [0, 0.1) is 0 Å². The number of likely N-dealkylation sites (N-methyl/N-ethyl adjacent to an activating group) is 1. The van der Waals surface area contributed by atoms with Crippen LogP contribution in [-0.4, -0.2) is 31.1 Å². The average Bonchev–Trinajstić information content (AvgIpc) is 2.89. The maximum atomic E-state index is 5.90. The molecule has 1 atom stereocenters. The monoisotopic (exact) mass is 268 g/mol. The Balaban J connectivity index is 2.21. The van der Waals surface area contributed by atoms with Crippen LogP contribution in [0.4, 0.5) is 0 Å². The van der Waals surface area contributed by atoms with E-state index >= 15 is 0 Å². The van der Waals surface area contributed by atoms with Gasteiger partial charge in [-0.15, -0.1) is 11.3 Å². The molecule has 1 heterocycles. The molecule has 1 rings (SSSR count). The summed E-state index contributed by atoms with van der Waals surface area (Å²) in [7, 11) is 2.21. The maximum Gasteiger partial charge on any atom is 0.0215 e. The Hall–Kier alpha value is -0.380. The van der Waals surface area contributed by atoms with E-state index in [1.807, 2.05) is 11.3 Å². The first-order valence-electron chi connectivity index (χ1n) is 7.20. The van der Waals surface area contributed by atoms with Gasteiger partial charge >= 0.3 is 0 Å². The van der Waals surface area contributed by atoms with Gasteiger partial charge in [-0.05, 0) is 31.3 Å². The molecule has 2 N–H and O–H groups in total. The Morgan fingerprint density at radius 1 is 1.33 bits per heavy atom. The summed E-state index contributed by atoms with van der Waals surface area (Å²) in [6.07, 6.45) is 7.74. The van der Waals surface area contributed by atoms with Crippen LogP contribution < -0.4 is 5.73 Å². The molecule has 0 aliphatic carbocycles. The molecule has 0 bridgehead atoms. The minimum Gasteiger partial charge on any atom is -0.329 e. The van der Waals surface area contributed by atoms with Crippen molar-refractivity contribution in [2.75, 3.05) is 20.1 Å². The number of nitrogens with two attached hydrogens (primary N) is 1. The van der Waals surface area contributed by atoms with Gasteiger partial charge in [0.1, 0.15) is 0 Å². The number of rotatable bonds is 10. The highest BCUT2D eigenvalue weighted by Gasteiger charge is 2.12. The molecule has 0 aliphatic heterocycles. The molecule has 3 heteroatoms. The summed E-state index contributed by atoms with van der Waals surface area (Å²) >= 11 is 1.85. The lowest BCUT2D eigenvalue weighted by Gasteiger charge is -2.26. The van der Waals surface area contributed by atoms with E-state index in [1.54, 1.807) is 0 Å². The number of hydrogen-bond acceptors (Lipinski definition) is 3. The van der Waals surface area contributed by atoms with E-state index in [-0.39, 0.29) is 0 Å². The van der Waals surface area contributed by atoms with Gasteiger partial charge in [0, 0.05) is 24.0 Å². The van der Waals surface area contributed by atoms with Crippen molar-refractivity contribution in [2.24, 2.45) is 5.73 Å². The normalized spacial score (nSPS) is 13.1. The Labute approximate surface area is 116 Å².